The number of hydrogen-bond donors (Lipinski definition) is 1. The molecule has 7 heteroatoms. The van der Waals surface area contributed by atoms with Gasteiger partial charge >= 0.3 is 0 Å². The Bertz CT molecular complexity index is 570. The highest BCUT2D eigenvalue weighted by Crippen LogP contribution is 2.29. The van der Waals surface area contributed by atoms with Gasteiger partial charge in [0, 0.05) is 12.6 Å². The largest absolute Gasteiger partial charge is 0.334 e. The summed E-state index contributed by atoms with van der Waals surface area (Å²) in [7, 11) is 0. The molecule has 1 N–H and O–H groups in total. The highest BCUT2D eigenvalue weighted by atomic mass is 35.5. The van der Waals surface area contributed by atoms with E-state index in [2.05, 4.69) is 34.4 Å². The van der Waals surface area contributed by atoms with E-state index >= 15 is 0 Å². The Balaban J connectivity index is 0.00000225. The normalized spacial score (nSPS) is 24.8. The van der Waals surface area contributed by atoms with Crippen LogP contribution in [0.25, 0.3) is 0 Å². The zero-order valence-electron chi connectivity index (χ0n) is 15.7. The average Bonchev–Trinajstić information content (AvgIpc) is 2.98. The first-order valence-electron chi connectivity index (χ1n) is 9.57. The summed E-state index contributed by atoms with van der Waals surface area (Å²) in [6.07, 6.45) is 6.60. The van der Waals surface area contributed by atoms with Crippen LogP contribution in [0.5, 0.6) is 0 Å². The summed E-state index contributed by atoms with van der Waals surface area (Å²) in [5.41, 5.74) is 1.49. The van der Waals surface area contributed by atoms with Gasteiger partial charge in [-0.15, -0.1) is 17.5 Å². The maximum atomic E-state index is 13.1. The van der Waals surface area contributed by atoms with Crippen molar-refractivity contribution in [1.82, 2.24) is 25.2 Å². The lowest BCUT2D eigenvalue weighted by atomic mass is 9.87. The van der Waals surface area contributed by atoms with Crippen LogP contribution in [0.15, 0.2) is 0 Å². The van der Waals surface area contributed by atoms with Gasteiger partial charge in [-0.05, 0) is 58.0 Å². The molecular weight excluding hydrogens is 338 g/mol. The summed E-state index contributed by atoms with van der Waals surface area (Å²) < 4.78 is 1.98. The van der Waals surface area contributed by atoms with E-state index in [0.717, 1.165) is 57.4 Å². The number of carbonyl (C=O) groups excluding carboxylic acids is 1. The third kappa shape index (κ3) is 4.17. The predicted octanol–water partition coefficient (Wildman–Crippen LogP) is 2.97. The van der Waals surface area contributed by atoms with Crippen molar-refractivity contribution in [2.24, 2.45) is 5.92 Å². The molecule has 0 bridgehead atoms. The number of nitrogens with zero attached hydrogens (tertiary/aromatic N) is 4. The number of hydrogen-bond acceptors (Lipinski definition) is 4. The van der Waals surface area contributed by atoms with Gasteiger partial charge in [-0.25, -0.2) is 4.68 Å². The minimum Gasteiger partial charge on any atom is -0.334 e. The van der Waals surface area contributed by atoms with Crippen LogP contribution in [0.2, 0.25) is 0 Å². The lowest BCUT2D eigenvalue weighted by Crippen LogP contribution is -2.48. The standard InChI is InChI=1S/C18H31N5O.ClH/c1-4-6-16-13(2)7-5-12-22(16)18(24)17-14(3)23(21-20-17)15-8-10-19-11-9-15;/h13,15-16,19H,4-12H2,1-3H3;1H. The van der Waals surface area contributed by atoms with Crippen LogP contribution in [0.1, 0.15) is 74.6 Å². The third-order valence-corrected chi connectivity index (χ3v) is 5.75. The molecular formula is C18H32ClN5O. The van der Waals surface area contributed by atoms with Crippen LogP contribution in [0.3, 0.4) is 0 Å². The molecule has 3 heterocycles. The van der Waals surface area contributed by atoms with Gasteiger partial charge in [0.1, 0.15) is 0 Å². The van der Waals surface area contributed by atoms with Crippen LogP contribution in [-0.4, -0.2) is 51.5 Å². The highest BCUT2D eigenvalue weighted by Gasteiger charge is 2.34. The van der Waals surface area contributed by atoms with Gasteiger partial charge in [0.2, 0.25) is 0 Å². The molecule has 2 aliphatic rings. The van der Waals surface area contributed by atoms with Gasteiger partial charge in [-0.3, -0.25) is 4.79 Å². The topological polar surface area (TPSA) is 63.1 Å². The Morgan fingerprint density at radius 3 is 2.68 bits per heavy atom. The molecule has 142 valence electrons. The number of piperidine rings is 2. The molecule has 1 amide bonds. The van der Waals surface area contributed by atoms with E-state index in [1.807, 2.05) is 11.6 Å². The van der Waals surface area contributed by atoms with E-state index in [0.29, 0.717) is 23.7 Å². The minimum absolute atomic E-state index is 0. The van der Waals surface area contributed by atoms with Crippen molar-refractivity contribution in [1.29, 1.82) is 0 Å². The number of carbonyl (C=O) groups is 1. The molecule has 2 unspecified atom stereocenters. The number of nitrogens with one attached hydrogen (secondary N) is 1. The quantitative estimate of drug-likeness (QED) is 0.886. The van der Waals surface area contributed by atoms with E-state index in [1.165, 1.54) is 6.42 Å². The van der Waals surface area contributed by atoms with Gasteiger partial charge < -0.3 is 10.2 Å². The second kappa shape index (κ2) is 8.99. The van der Waals surface area contributed by atoms with E-state index in [-0.39, 0.29) is 18.3 Å². The van der Waals surface area contributed by atoms with Crippen LogP contribution >= 0.6 is 12.4 Å². The number of likely N-dealkylation sites (tertiary alicyclic amines) is 1. The lowest BCUT2D eigenvalue weighted by Gasteiger charge is -2.39. The zero-order chi connectivity index (χ0) is 17.1. The first-order chi connectivity index (χ1) is 11.6. The molecule has 25 heavy (non-hydrogen) atoms. The number of amides is 1. The number of halogens is 1. The van der Waals surface area contributed by atoms with Crippen LogP contribution in [0, 0.1) is 12.8 Å². The van der Waals surface area contributed by atoms with E-state index < -0.39 is 0 Å². The molecule has 0 spiro atoms. The molecule has 0 radical (unpaired) electrons. The van der Waals surface area contributed by atoms with Crippen molar-refractivity contribution in [2.75, 3.05) is 19.6 Å². The number of rotatable bonds is 4. The van der Waals surface area contributed by atoms with E-state index in [1.54, 1.807) is 0 Å². The van der Waals surface area contributed by atoms with Crippen molar-refractivity contribution < 1.29 is 4.79 Å². The van der Waals surface area contributed by atoms with Crippen molar-refractivity contribution in [3.63, 3.8) is 0 Å². The Kier molecular flexibility index (Phi) is 7.25. The summed E-state index contributed by atoms with van der Waals surface area (Å²) in [5, 5.41) is 12.0. The summed E-state index contributed by atoms with van der Waals surface area (Å²) >= 11 is 0. The van der Waals surface area contributed by atoms with Gasteiger partial charge in [0.25, 0.3) is 5.91 Å². The van der Waals surface area contributed by atoms with Crippen LogP contribution in [-0.2, 0) is 0 Å². The van der Waals surface area contributed by atoms with Gasteiger partial charge in [0.15, 0.2) is 5.69 Å². The monoisotopic (exact) mass is 369 g/mol. The molecule has 1 aromatic rings. The SMILES string of the molecule is CCCC1C(C)CCCN1C(=O)c1nnn(C2CCNCC2)c1C.Cl. The summed E-state index contributed by atoms with van der Waals surface area (Å²) in [6, 6.07) is 0.715. The Labute approximate surface area is 157 Å². The fourth-order valence-corrected chi connectivity index (χ4v) is 4.31. The molecule has 2 atom stereocenters. The maximum absolute atomic E-state index is 13.1. The van der Waals surface area contributed by atoms with Gasteiger partial charge in [-0.1, -0.05) is 25.5 Å². The molecule has 2 fully saturated rings. The fraction of sp³-hybridized carbons (Fsp3) is 0.833. The number of aromatic nitrogens is 3. The minimum atomic E-state index is 0. The average molecular weight is 370 g/mol. The molecule has 2 saturated heterocycles. The van der Waals surface area contributed by atoms with Gasteiger partial charge in [0.05, 0.1) is 11.7 Å². The van der Waals surface area contributed by atoms with Gasteiger partial charge in [-0.2, -0.15) is 0 Å². The van der Waals surface area contributed by atoms with E-state index in [9.17, 15) is 4.79 Å². The summed E-state index contributed by atoms with van der Waals surface area (Å²) in [4.78, 5) is 15.2. The van der Waals surface area contributed by atoms with Crippen molar-refractivity contribution in [3.05, 3.63) is 11.4 Å². The predicted molar refractivity (Wildman–Crippen MR) is 101 cm³/mol. The molecule has 2 aliphatic heterocycles. The maximum Gasteiger partial charge on any atom is 0.276 e. The molecule has 3 rings (SSSR count). The van der Waals surface area contributed by atoms with Crippen molar-refractivity contribution in [3.8, 4) is 0 Å². The van der Waals surface area contributed by atoms with Crippen LogP contribution in [0.4, 0.5) is 0 Å². The third-order valence-electron chi connectivity index (χ3n) is 5.75. The molecule has 0 aliphatic carbocycles. The smallest absolute Gasteiger partial charge is 0.276 e. The highest BCUT2D eigenvalue weighted by molar-refractivity contribution is 5.93. The molecule has 0 aromatic carbocycles. The first kappa shape index (κ1) is 20.2. The Hall–Kier alpha value is -1.14. The zero-order valence-corrected chi connectivity index (χ0v) is 16.5. The fourth-order valence-electron chi connectivity index (χ4n) is 4.31. The molecule has 1 aromatic heterocycles. The summed E-state index contributed by atoms with van der Waals surface area (Å²) in [5.74, 6) is 0.653. The first-order valence-corrected chi connectivity index (χ1v) is 9.57. The summed E-state index contributed by atoms with van der Waals surface area (Å²) in [6.45, 7) is 9.34. The second-order valence-corrected chi connectivity index (χ2v) is 7.42. The van der Waals surface area contributed by atoms with Crippen molar-refractivity contribution in [2.45, 2.75) is 71.4 Å². The molecule has 6 nitrogen and oxygen atoms in total. The lowest BCUT2D eigenvalue weighted by molar-refractivity contribution is 0.0490. The van der Waals surface area contributed by atoms with E-state index in [4.69, 9.17) is 0 Å². The van der Waals surface area contributed by atoms with Crippen LogP contribution < -0.4 is 5.32 Å². The second-order valence-electron chi connectivity index (χ2n) is 7.42. The molecule has 0 saturated carbocycles. The van der Waals surface area contributed by atoms with Crippen molar-refractivity contribution >= 4 is 18.3 Å². The Morgan fingerprint density at radius 2 is 2.00 bits per heavy atom. The Morgan fingerprint density at radius 1 is 1.28 bits per heavy atom.